The molecule has 1 aromatic heterocycles. The van der Waals surface area contributed by atoms with E-state index in [1.165, 1.54) is 24.3 Å². The number of anilines is 1. The third-order valence-corrected chi connectivity index (χ3v) is 4.63. The number of nitrogens with zero attached hydrogens (tertiary/aromatic N) is 2. The third-order valence-electron chi connectivity index (χ3n) is 2.58. The fourth-order valence-electron chi connectivity index (χ4n) is 1.63. The fourth-order valence-corrected chi connectivity index (χ4v) is 3.26. The molecule has 0 spiro atoms. The second kappa shape index (κ2) is 10.7. The zero-order chi connectivity index (χ0) is 17.4. The highest BCUT2D eigenvalue weighted by Crippen LogP contribution is 2.24. The van der Waals surface area contributed by atoms with E-state index in [4.69, 9.17) is 5.73 Å². The summed E-state index contributed by atoms with van der Waals surface area (Å²) in [5.74, 6) is 0.801. The van der Waals surface area contributed by atoms with Crippen molar-refractivity contribution in [3.05, 3.63) is 35.8 Å². The summed E-state index contributed by atoms with van der Waals surface area (Å²) in [5.41, 5.74) is 6.26. The van der Waals surface area contributed by atoms with Crippen LogP contribution in [-0.4, -0.2) is 29.6 Å². The molecule has 0 saturated carbocycles. The number of benzene rings is 1. The molecule has 3 N–H and O–H groups in total. The molecule has 138 valence electrons. The van der Waals surface area contributed by atoms with Crippen LogP contribution in [0.2, 0.25) is 0 Å². The van der Waals surface area contributed by atoms with E-state index < -0.39 is 6.36 Å². The van der Waals surface area contributed by atoms with Crippen LogP contribution in [0.3, 0.4) is 0 Å². The quantitative estimate of drug-likeness (QED) is 0.190. The number of rotatable bonds is 7. The smallest absolute Gasteiger partial charge is 0.406 e. The molecule has 0 bridgehead atoms. The summed E-state index contributed by atoms with van der Waals surface area (Å²) < 4.78 is 41.0. The van der Waals surface area contributed by atoms with E-state index in [-0.39, 0.29) is 35.7 Å². The molecule has 0 fully saturated rings. The Morgan fingerprint density at radius 2 is 2.04 bits per heavy atom. The van der Waals surface area contributed by atoms with Gasteiger partial charge >= 0.3 is 6.36 Å². The van der Waals surface area contributed by atoms with Gasteiger partial charge in [0, 0.05) is 29.6 Å². The average molecular weight is 504 g/mol. The Kier molecular flexibility index (Phi) is 9.35. The second-order valence-corrected chi connectivity index (χ2v) is 6.70. The monoisotopic (exact) mass is 504 g/mol. The van der Waals surface area contributed by atoms with Crippen molar-refractivity contribution in [2.45, 2.75) is 17.1 Å². The average Bonchev–Trinajstić information content (AvgIpc) is 3.01. The number of halogens is 4. The van der Waals surface area contributed by atoms with Crippen molar-refractivity contribution >= 4 is 58.7 Å². The number of thioether (sulfide) groups is 1. The van der Waals surface area contributed by atoms with Crippen LogP contribution in [0.15, 0.2) is 45.2 Å². The van der Waals surface area contributed by atoms with Crippen molar-refractivity contribution in [3.63, 3.8) is 0 Å². The van der Waals surface area contributed by atoms with Crippen LogP contribution in [0, 0.1) is 0 Å². The minimum absolute atomic E-state index is 0. The van der Waals surface area contributed by atoms with E-state index in [1.54, 1.807) is 29.3 Å². The molecule has 2 aromatic rings. The largest absolute Gasteiger partial charge is 0.573 e. The Balaban J connectivity index is 0.00000312. The normalized spacial score (nSPS) is 11.7. The highest BCUT2D eigenvalue weighted by Gasteiger charge is 2.30. The second-order valence-electron chi connectivity index (χ2n) is 4.46. The lowest BCUT2D eigenvalue weighted by Crippen LogP contribution is -2.23. The van der Waals surface area contributed by atoms with E-state index >= 15 is 0 Å². The number of thiazole rings is 1. The molecule has 0 radical (unpaired) electrons. The Hall–Kier alpha value is -1.21. The summed E-state index contributed by atoms with van der Waals surface area (Å²) in [6, 6.07) is 5.27. The fraction of sp³-hybridized carbons (Fsp3) is 0.286. The molecule has 0 unspecified atom stereocenters. The molecule has 25 heavy (non-hydrogen) atoms. The summed E-state index contributed by atoms with van der Waals surface area (Å²) in [6.45, 7) is 0.548. The zero-order valence-corrected chi connectivity index (χ0v) is 16.8. The van der Waals surface area contributed by atoms with Crippen molar-refractivity contribution in [1.82, 2.24) is 4.98 Å². The van der Waals surface area contributed by atoms with Gasteiger partial charge in [0.1, 0.15) is 10.1 Å². The minimum atomic E-state index is -4.70. The van der Waals surface area contributed by atoms with E-state index in [1.807, 2.05) is 5.38 Å². The van der Waals surface area contributed by atoms with Crippen molar-refractivity contribution in [3.8, 4) is 5.75 Å². The maximum atomic E-state index is 12.1. The van der Waals surface area contributed by atoms with Crippen LogP contribution >= 0.6 is 47.1 Å². The molecule has 1 heterocycles. The summed E-state index contributed by atoms with van der Waals surface area (Å²) in [7, 11) is 0. The van der Waals surface area contributed by atoms with Crippen LogP contribution in [0.5, 0.6) is 5.75 Å². The predicted octanol–water partition coefficient (Wildman–Crippen LogP) is 4.57. The summed E-state index contributed by atoms with van der Waals surface area (Å²) >= 11 is 3.25. The van der Waals surface area contributed by atoms with Gasteiger partial charge in [-0.3, -0.25) is 4.99 Å². The maximum absolute atomic E-state index is 12.1. The van der Waals surface area contributed by atoms with Crippen LogP contribution < -0.4 is 15.8 Å². The molecule has 0 saturated heterocycles. The molecule has 0 aliphatic rings. The first-order valence-corrected chi connectivity index (χ1v) is 8.74. The lowest BCUT2D eigenvalue weighted by molar-refractivity contribution is -0.274. The topological polar surface area (TPSA) is 72.5 Å². The van der Waals surface area contributed by atoms with Crippen molar-refractivity contribution in [2.75, 3.05) is 17.6 Å². The Morgan fingerprint density at radius 1 is 1.32 bits per heavy atom. The van der Waals surface area contributed by atoms with Gasteiger partial charge in [0.25, 0.3) is 0 Å². The lowest BCUT2D eigenvalue weighted by atomic mass is 10.3. The van der Waals surface area contributed by atoms with Gasteiger partial charge in [-0.15, -0.1) is 48.5 Å². The predicted molar refractivity (Wildman–Crippen MR) is 106 cm³/mol. The first kappa shape index (κ1) is 21.8. The van der Waals surface area contributed by atoms with Crippen LogP contribution in [0.1, 0.15) is 6.42 Å². The molecule has 2 rings (SSSR count). The number of alkyl halides is 3. The third kappa shape index (κ3) is 9.16. The summed E-state index contributed by atoms with van der Waals surface area (Å²) in [5, 5.41) is 4.73. The van der Waals surface area contributed by atoms with Crippen LogP contribution in [-0.2, 0) is 0 Å². The molecule has 0 aliphatic heterocycles. The van der Waals surface area contributed by atoms with Gasteiger partial charge < -0.3 is 15.8 Å². The number of ether oxygens (including phenoxy) is 1. The molecule has 0 atom stereocenters. The van der Waals surface area contributed by atoms with Crippen LogP contribution in [0.25, 0.3) is 0 Å². The highest BCUT2D eigenvalue weighted by atomic mass is 127. The number of nitrogens with two attached hydrogens (primary N) is 1. The van der Waals surface area contributed by atoms with Crippen molar-refractivity contribution in [2.24, 2.45) is 10.7 Å². The molecule has 5 nitrogen and oxygen atoms in total. The number of nitrogens with one attached hydrogen (secondary N) is 1. The van der Waals surface area contributed by atoms with Gasteiger partial charge in [0.05, 0.1) is 0 Å². The van der Waals surface area contributed by atoms with Crippen molar-refractivity contribution in [1.29, 1.82) is 0 Å². The summed E-state index contributed by atoms with van der Waals surface area (Å²) in [6.07, 6.45) is -2.10. The van der Waals surface area contributed by atoms with E-state index in [0.717, 1.165) is 16.5 Å². The molecular weight excluding hydrogens is 488 g/mol. The Labute approximate surface area is 168 Å². The molecule has 1 aromatic carbocycles. The first-order valence-electron chi connectivity index (χ1n) is 6.87. The van der Waals surface area contributed by atoms with Gasteiger partial charge in [-0.05, 0) is 30.7 Å². The molecule has 0 aliphatic carbocycles. The number of hydrogen-bond acceptors (Lipinski definition) is 5. The van der Waals surface area contributed by atoms with Gasteiger partial charge in [0.15, 0.2) is 5.96 Å². The van der Waals surface area contributed by atoms with Gasteiger partial charge in [0.2, 0.25) is 0 Å². The van der Waals surface area contributed by atoms with E-state index in [9.17, 15) is 13.2 Å². The number of hydrogen-bond donors (Lipinski definition) is 2. The molecule has 0 amide bonds. The number of aromatic nitrogens is 1. The number of guanidine groups is 1. The van der Waals surface area contributed by atoms with E-state index in [2.05, 4.69) is 20.0 Å². The van der Waals surface area contributed by atoms with Crippen LogP contribution in [0.4, 0.5) is 18.9 Å². The van der Waals surface area contributed by atoms with Gasteiger partial charge in [-0.25, -0.2) is 4.98 Å². The zero-order valence-electron chi connectivity index (χ0n) is 12.8. The molecular formula is C14H16F3IN4OS2. The van der Waals surface area contributed by atoms with Gasteiger partial charge in [-0.2, -0.15) is 0 Å². The molecule has 11 heteroatoms. The Bertz CT molecular complexity index is 651. The van der Waals surface area contributed by atoms with Crippen molar-refractivity contribution < 1.29 is 17.9 Å². The summed E-state index contributed by atoms with van der Waals surface area (Å²) in [4.78, 5) is 8.32. The standard InChI is InChI=1S/C14H15F3N4OS2.HI/c15-14(16,17)22-11-4-2-10(3-5-11)21-12(18)19-6-1-8-23-13-20-7-9-24-13;/h2-5,7,9H,1,6,8H2,(H3,18,19,21);1H. The number of aliphatic imine (C=N–C) groups is 1. The SMILES string of the molecule is I.NC(=NCCCSc1nccs1)Nc1ccc(OC(F)(F)F)cc1. The Morgan fingerprint density at radius 3 is 2.64 bits per heavy atom. The lowest BCUT2D eigenvalue weighted by Gasteiger charge is -2.10. The highest BCUT2D eigenvalue weighted by molar-refractivity contribution is 14.0. The maximum Gasteiger partial charge on any atom is 0.573 e. The van der Waals surface area contributed by atoms with E-state index in [0.29, 0.717) is 12.2 Å². The first-order chi connectivity index (χ1) is 11.4. The van der Waals surface area contributed by atoms with Gasteiger partial charge in [-0.1, -0.05) is 11.8 Å². The minimum Gasteiger partial charge on any atom is -0.406 e.